The minimum Gasteiger partial charge on any atom is -0.465 e. The smallest absolute Gasteiger partial charge is 0.337 e. The first-order valence-electron chi connectivity index (χ1n) is 9.08. The number of methoxy groups -OCH3 is 1. The van der Waals surface area contributed by atoms with Crippen LogP contribution in [-0.2, 0) is 9.53 Å². The number of rotatable bonds is 7. The Hall–Kier alpha value is -2.24. The largest absolute Gasteiger partial charge is 0.465 e. The van der Waals surface area contributed by atoms with Crippen molar-refractivity contribution in [3.05, 3.63) is 23.8 Å². The van der Waals surface area contributed by atoms with Crippen molar-refractivity contribution in [2.24, 2.45) is 0 Å². The highest BCUT2D eigenvalue weighted by atomic mass is 16.5. The van der Waals surface area contributed by atoms with Crippen LogP contribution in [0.1, 0.15) is 55.8 Å². The molecule has 0 unspecified atom stereocenters. The molecular weight excluding hydrogens is 318 g/mol. The molecule has 6 nitrogen and oxygen atoms in total. The highest BCUT2D eigenvalue weighted by Crippen LogP contribution is 2.23. The molecule has 25 heavy (non-hydrogen) atoms. The molecule has 0 atom stereocenters. The van der Waals surface area contributed by atoms with E-state index in [0.717, 1.165) is 25.1 Å². The van der Waals surface area contributed by atoms with Gasteiger partial charge in [-0.05, 0) is 38.0 Å². The predicted molar refractivity (Wildman–Crippen MR) is 99.6 cm³/mol. The van der Waals surface area contributed by atoms with Gasteiger partial charge in [0.25, 0.3) is 0 Å². The fraction of sp³-hybridized carbons (Fsp3) is 0.579. The Morgan fingerprint density at radius 3 is 2.60 bits per heavy atom. The van der Waals surface area contributed by atoms with Gasteiger partial charge in [-0.25, -0.2) is 4.79 Å². The maximum absolute atomic E-state index is 12.5. The summed E-state index contributed by atoms with van der Waals surface area (Å²) in [6.45, 7) is 3.33. The summed E-state index contributed by atoms with van der Waals surface area (Å²) >= 11 is 0. The van der Waals surface area contributed by atoms with Crippen molar-refractivity contribution in [3.63, 3.8) is 0 Å². The molecule has 0 bridgehead atoms. The third kappa shape index (κ3) is 5.11. The van der Waals surface area contributed by atoms with Gasteiger partial charge in [0.05, 0.1) is 24.0 Å². The molecule has 0 radical (unpaired) electrons. The number of carbonyl (C=O) groups is 2. The Kier molecular flexibility index (Phi) is 7.10. The van der Waals surface area contributed by atoms with Crippen molar-refractivity contribution in [1.82, 2.24) is 4.90 Å². The zero-order valence-electron chi connectivity index (χ0n) is 15.2. The maximum Gasteiger partial charge on any atom is 0.337 e. The Bertz CT molecular complexity index is 598. The van der Waals surface area contributed by atoms with Gasteiger partial charge in [0, 0.05) is 25.6 Å². The van der Waals surface area contributed by atoms with E-state index in [1.807, 2.05) is 11.8 Å². The molecule has 2 rings (SSSR count). The highest BCUT2D eigenvalue weighted by Gasteiger charge is 2.23. The number of nitrogens with zero attached hydrogens (tertiary/aromatic N) is 1. The van der Waals surface area contributed by atoms with Crippen molar-refractivity contribution in [1.29, 1.82) is 0 Å². The molecule has 1 aliphatic rings. The van der Waals surface area contributed by atoms with E-state index in [1.165, 1.54) is 26.4 Å². The highest BCUT2D eigenvalue weighted by molar-refractivity contribution is 5.91. The lowest BCUT2D eigenvalue weighted by Gasteiger charge is -2.33. The molecule has 1 saturated carbocycles. The minimum absolute atomic E-state index is 0.187. The number of nitrogen functional groups attached to an aromatic ring is 1. The van der Waals surface area contributed by atoms with Crippen molar-refractivity contribution in [3.8, 4) is 0 Å². The van der Waals surface area contributed by atoms with Gasteiger partial charge in [-0.1, -0.05) is 19.3 Å². The monoisotopic (exact) mass is 347 g/mol. The van der Waals surface area contributed by atoms with E-state index >= 15 is 0 Å². The van der Waals surface area contributed by atoms with E-state index in [0.29, 0.717) is 30.3 Å². The number of anilines is 2. The van der Waals surface area contributed by atoms with Crippen LogP contribution in [0, 0.1) is 0 Å². The van der Waals surface area contributed by atoms with Crippen LogP contribution in [0.5, 0.6) is 0 Å². The van der Waals surface area contributed by atoms with Crippen LogP contribution in [0.3, 0.4) is 0 Å². The van der Waals surface area contributed by atoms with Gasteiger partial charge in [-0.3, -0.25) is 4.79 Å². The third-order valence-electron chi connectivity index (χ3n) is 4.80. The fourth-order valence-electron chi connectivity index (χ4n) is 3.45. The van der Waals surface area contributed by atoms with Crippen LogP contribution in [0.15, 0.2) is 18.2 Å². The zero-order chi connectivity index (χ0) is 18.2. The predicted octanol–water partition coefficient (Wildman–Crippen LogP) is 3.04. The number of hydrogen-bond acceptors (Lipinski definition) is 5. The average molecular weight is 347 g/mol. The van der Waals surface area contributed by atoms with Gasteiger partial charge in [-0.2, -0.15) is 0 Å². The lowest BCUT2D eigenvalue weighted by Crippen LogP contribution is -2.41. The van der Waals surface area contributed by atoms with Crippen molar-refractivity contribution in [2.75, 3.05) is 31.2 Å². The number of nitrogens with one attached hydrogen (secondary N) is 1. The molecule has 1 fully saturated rings. The first-order chi connectivity index (χ1) is 12.1. The molecule has 0 heterocycles. The first-order valence-corrected chi connectivity index (χ1v) is 9.08. The van der Waals surface area contributed by atoms with Crippen LogP contribution in [0.4, 0.5) is 11.4 Å². The summed E-state index contributed by atoms with van der Waals surface area (Å²) < 4.78 is 4.67. The molecule has 0 spiro atoms. The Morgan fingerprint density at radius 1 is 1.28 bits per heavy atom. The molecule has 6 heteroatoms. The number of benzene rings is 1. The summed E-state index contributed by atoms with van der Waals surface area (Å²) in [5.74, 6) is -0.230. The molecule has 0 aromatic heterocycles. The number of ether oxygens (including phenoxy) is 1. The SMILES string of the molecule is CCN(C(=O)CCNc1ccc(C(=O)OC)cc1N)C1CCCCC1. The normalized spacial score (nSPS) is 14.8. The first kappa shape index (κ1) is 19.1. The van der Waals surface area contributed by atoms with Crippen molar-refractivity contribution >= 4 is 23.3 Å². The molecule has 1 aliphatic carbocycles. The second-order valence-electron chi connectivity index (χ2n) is 6.44. The summed E-state index contributed by atoms with van der Waals surface area (Å²) in [6, 6.07) is 5.38. The van der Waals surface area contributed by atoms with E-state index in [4.69, 9.17) is 5.73 Å². The molecule has 3 N–H and O–H groups in total. The van der Waals surface area contributed by atoms with Crippen molar-refractivity contribution in [2.45, 2.75) is 51.5 Å². The number of esters is 1. The maximum atomic E-state index is 12.5. The number of nitrogens with two attached hydrogens (primary N) is 1. The summed E-state index contributed by atoms with van der Waals surface area (Å²) in [5, 5.41) is 3.19. The van der Waals surface area contributed by atoms with Crippen LogP contribution < -0.4 is 11.1 Å². The van der Waals surface area contributed by atoms with Gasteiger partial charge in [-0.15, -0.1) is 0 Å². The summed E-state index contributed by atoms with van der Waals surface area (Å²) in [7, 11) is 1.34. The van der Waals surface area contributed by atoms with E-state index in [9.17, 15) is 9.59 Å². The van der Waals surface area contributed by atoms with Crippen LogP contribution in [0.2, 0.25) is 0 Å². The Labute approximate surface area is 149 Å². The van der Waals surface area contributed by atoms with Gasteiger partial charge in [0.2, 0.25) is 5.91 Å². The summed E-state index contributed by atoms with van der Waals surface area (Å²) in [6.07, 6.45) is 6.39. The summed E-state index contributed by atoms with van der Waals surface area (Å²) in [5.41, 5.74) is 7.57. The number of carbonyl (C=O) groups excluding carboxylic acids is 2. The van der Waals surface area contributed by atoms with Gasteiger partial charge < -0.3 is 20.7 Å². The lowest BCUT2D eigenvalue weighted by atomic mass is 9.94. The number of amides is 1. The van der Waals surface area contributed by atoms with E-state index in [1.54, 1.807) is 18.2 Å². The average Bonchev–Trinajstić information content (AvgIpc) is 2.64. The molecule has 0 aliphatic heterocycles. The van der Waals surface area contributed by atoms with E-state index in [2.05, 4.69) is 10.1 Å². The second-order valence-corrected chi connectivity index (χ2v) is 6.44. The van der Waals surface area contributed by atoms with E-state index < -0.39 is 5.97 Å². The molecule has 1 aromatic carbocycles. The Morgan fingerprint density at radius 2 is 2.00 bits per heavy atom. The molecule has 1 aromatic rings. The lowest BCUT2D eigenvalue weighted by molar-refractivity contribution is -0.133. The molecule has 1 amide bonds. The van der Waals surface area contributed by atoms with Crippen LogP contribution in [-0.4, -0.2) is 43.0 Å². The van der Waals surface area contributed by atoms with E-state index in [-0.39, 0.29) is 5.91 Å². The minimum atomic E-state index is -0.417. The Balaban J connectivity index is 1.86. The van der Waals surface area contributed by atoms with Crippen molar-refractivity contribution < 1.29 is 14.3 Å². The summed E-state index contributed by atoms with van der Waals surface area (Å²) in [4.78, 5) is 26.0. The quantitative estimate of drug-likeness (QED) is 0.585. The standard InChI is InChI=1S/C19H29N3O3/c1-3-22(15-7-5-4-6-8-15)18(23)11-12-21-17-10-9-14(13-16(17)20)19(24)25-2/h9-10,13,15,21H,3-8,11-12,20H2,1-2H3. The zero-order valence-corrected chi connectivity index (χ0v) is 15.2. The topological polar surface area (TPSA) is 84.7 Å². The van der Waals surface area contributed by atoms with Crippen LogP contribution >= 0.6 is 0 Å². The molecular formula is C19H29N3O3. The van der Waals surface area contributed by atoms with Crippen LogP contribution in [0.25, 0.3) is 0 Å². The molecule has 0 saturated heterocycles. The number of hydrogen-bond donors (Lipinski definition) is 2. The molecule has 138 valence electrons. The third-order valence-corrected chi connectivity index (χ3v) is 4.80. The van der Waals surface area contributed by atoms with Gasteiger partial charge in [0.1, 0.15) is 0 Å². The van der Waals surface area contributed by atoms with Gasteiger partial charge in [0.15, 0.2) is 0 Å². The second kappa shape index (κ2) is 9.30. The fourth-order valence-corrected chi connectivity index (χ4v) is 3.45. The van der Waals surface area contributed by atoms with Gasteiger partial charge >= 0.3 is 5.97 Å².